The Morgan fingerprint density at radius 2 is 2.05 bits per heavy atom. The number of benzene rings is 1. The summed E-state index contributed by atoms with van der Waals surface area (Å²) in [4.78, 5) is 2.32. The molecule has 0 fully saturated rings. The van der Waals surface area contributed by atoms with Crippen molar-refractivity contribution < 1.29 is 4.63 Å². The normalized spacial score (nSPS) is 11.6. The zero-order valence-electron chi connectivity index (χ0n) is 11.7. The predicted octanol–water partition coefficient (Wildman–Crippen LogP) is 1.95. The molecule has 0 spiro atoms. The lowest BCUT2D eigenvalue weighted by Gasteiger charge is -2.20. The monoisotopic (exact) mass is 263 g/mol. The third-order valence-corrected chi connectivity index (χ3v) is 3.33. The molecule has 0 radical (unpaired) electrons. The lowest BCUT2D eigenvalue weighted by molar-refractivity contribution is 0.273. The van der Waals surface area contributed by atoms with Crippen LogP contribution < -0.4 is 11.1 Å². The van der Waals surface area contributed by atoms with Gasteiger partial charge in [0.2, 0.25) is 0 Å². The Kier molecular flexibility index (Phi) is 4.21. The van der Waals surface area contributed by atoms with Crippen LogP contribution in [0.3, 0.4) is 0 Å². The van der Waals surface area contributed by atoms with Gasteiger partial charge in [0.25, 0.3) is 0 Å². The molecule has 1 heterocycles. The van der Waals surface area contributed by atoms with Gasteiger partial charge in [0.1, 0.15) is 0 Å². The number of nitrogen functional groups attached to an aromatic ring is 1. The molecule has 6 heteroatoms. The van der Waals surface area contributed by atoms with E-state index in [9.17, 15) is 0 Å². The molecule has 0 aliphatic carbocycles. The van der Waals surface area contributed by atoms with Gasteiger partial charge in [0.05, 0.1) is 11.4 Å². The first-order chi connectivity index (χ1) is 9.09. The summed E-state index contributed by atoms with van der Waals surface area (Å²) >= 11 is 0. The van der Waals surface area contributed by atoms with Crippen molar-refractivity contribution in [1.29, 1.82) is 0 Å². The van der Waals surface area contributed by atoms with Crippen molar-refractivity contribution in [1.82, 2.24) is 15.2 Å². The van der Waals surface area contributed by atoms with Gasteiger partial charge >= 0.3 is 0 Å². The maximum atomic E-state index is 5.80. The van der Waals surface area contributed by atoms with E-state index >= 15 is 0 Å². The van der Waals surface area contributed by atoms with Crippen molar-refractivity contribution in [2.45, 2.75) is 26.3 Å². The molecule has 19 heavy (non-hydrogen) atoms. The molecule has 1 aromatic heterocycles. The molecule has 0 bridgehead atoms. The Hall–Kier alpha value is -1.82. The van der Waals surface area contributed by atoms with Crippen molar-refractivity contribution in [3.05, 3.63) is 12.1 Å². The Labute approximate surface area is 112 Å². The number of hydrogen-bond donors (Lipinski definition) is 2. The van der Waals surface area contributed by atoms with E-state index < -0.39 is 0 Å². The summed E-state index contributed by atoms with van der Waals surface area (Å²) in [5, 5.41) is 11.0. The van der Waals surface area contributed by atoms with Crippen LogP contribution in [0.15, 0.2) is 16.8 Å². The number of rotatable bonds is 6. The van der Waals surface area contributed by atoms with Gasteiger partial charge < -0.3 is 16.0 Å². The smallest absolute Gasteiger partial charge is 0.160 e. The minimum atomic E-state index is 0.572. The molecular formula is C13H21N5O. The minimum absolute atomic E-state index is 0.572. The largest absolute Gasteiger partial charge is 0.397 e. The van der Waals surface area contributed by atoms with E-state index in [0.717, 1.165) is 25.2 Å². The second-order valence-electron chi connectivity index (χ2n) is 5.02. The average molecular weight is 263 g/mol. The summed E-state index contributed by atoms with van der Waals surface area (Å²) in [7, 11) is 2.13. The van der Waals surface area contributed by atoms with Crippen molar-refractivity contribution in [2.24, 2.45) is 0 Å². The van der Waals surface area contributed by atoms with Crippen LogP contribution in [-0.2, 0) is 0 Å². The molecule has 1 aromatic carbocycles. The molecular weight excluding hydrogens is 242 g/mol. The number of anilines is 2. The van der Waals surface area contributed by atoms with Crippen LogP contribution in [0.25, 0.3) is 11.0 Å². The first-order valence-electron chi connectivity index (χ1n) is 6.54. The zero-order chi connectivity index (χ0) is 13.8. The molecule has 6 nitrogen and oxygen atoms in total. The van der Waals surface area contributed by atoms with Crippen molar-refractivity contribution in [3.63, 3.8) is 0 Å². The number of nitrogens with two attached hydrogens (primary N) is 1. The fraction of sp³-hybridized carbons (Fsp3) is 0.538. The van der Waals surface area contributed by atoms with E-state index in [1.165, 1.54) is 0 Å². The van der Waals surface area contributed by atoms with Gasteiger partial charge in [-0.3, -0.25) is 0 Å². The zero-order valence-corrected chi connectivity index (χ0v) is 11.7. The standard InChI is InChI=1S/C13H21N5O/c1-9(2)18(3)8-4-7-15-11-6-5-10(14)12-13(11)17-19-16-12/h5-6,9,15H,4,7-8,14H2,1-3H3. The first-order valence-corrected chi connectivity index (χ1v) is 6.54. The summed E-state index contributed by atoms with van der Waals surface area (Å²) in [6, 6.07) is 4.30. The van der Waals surface area contributed by atoms with Crippen LogP contribution >= 0.6 is 0 Å². The predicted molar refractivity (Wildman–Crippen MR) is 77.1 cm³/mol. The topological polar surface area (TPSA) is 80.2 Å². The lowest BCUT2D eigenvalue weighted by Crippen LogP contribution is -2.28. The SMILES string of the molecule is CC(C)N(C)CCCNc1ccc(N)c2nonc12. The molecule has 0 aliphatic heterocycles. The molecule has 104 valence electrons. The third-order valence-electron chi connectivity index (χ3n) is 3.33. The molecule has 0 saturated carbocycles. The molecule has 0 amide bonds. The Bertz CT molecular complexity index is 537. The van der Waals surface area contributed by atoms with E-state index in [2.05, 4.69) is 41.4 Å². The van der Waals surface area contributed by atoms with Crippen LogP contribution in [0.2, 0.25) is 0 Å². The van der Waals surface area contributed by atoms with Crippen LogP contribution in [0, 0.1) is 0 Å². The van der Waals surface area contributed by atoms with E-state index in [-0.39, 0.29) is 0 Å². The molecule has 0 unspecified atom stereocenters. The highest BCUT2D eigenvalue weighted by atomic mass is 16.6. The maximum Gasteiger partial charge on any atom is 0.160 e. The Balaban J connectivity index is 1.92. The number of fused-ring (bicyclic) bond motifs is 1. The Morgan fingerprint density at radius 1 is 1.32 bits per heavy atom. The highest BCUT2D eigenvalue weighted by Gasteiger charge is 2.09. The van der Waals surface area contributed by atoms with Crippen LogP contribution in [0.5, 0.6) is 0 Å². The van der Waals surface area contributed by atoms with E-state index in [0.29, 0.717) is 22.8 Å². The number of hydrogen-bond acceptors (Lipinski definition) is 6. The molecule has 2 rings (SSSR count). The van der Waals surface area contributed by atoms with Crippen LogP contribution in [-0.4, -0.2) is 41.4 Å². The fourth-order valence-corrected chi connectivity index (χ4v) is 1.84. The molecule has 0 saturated heterocycles. The average Bonchev–Trinajstić information content (AvgIpc) is 2.86. The van der Waals surface area contributed by atoms with Gasteiger partial charge in [0, 0.05) is 12.6 Å². The van der Waals surface area contributed by atoms with Gasteiger partial charge in [-0.25, -0.2) is 4.63 Å². The van der Waals surface area contributed by atoms with Gasteiger partial charge in [0.15, 0.2) is 11.0 Å². The maximum absolute atomic E-state index is 5.80. The van der Waals surface area contributed by atoms with Crippen LogP contribution in [0.1, 0.15) is 20.3 Å². The van der Waals surface area contributed by atoms with Gasteiger partial charge in [-0.1, -0.05) is 0 Å². The Morgan fingerprint density at radius 3 is 2.79 bits per heavy atom. The van der Waals surface area contributed by atoms with E-state index in [1.54, 1.807) is 0 Å². The highest BCUT2D eigenvalue weighted by Crippen LogP contribution is 2.24. The van der Waals surface area contributed by atoms with Crippen molar-refractivity contribution in [2.75, 3.05) is 31.2 Å². The van der Waals surface area contributed by atoms with Crippen LogP contribution in [0.4, 0.5) is 11.4 Å². The molecule has 0 atom stereocenters. The summed E-state index contributed by atoms with van der Waals surface area (Å²) in [6.07, 6.45) is 1.06. The third kappa shape index (κ3) is 3.14. The molecule has 0 aliphatic rings. The second-order valence-corrected chi connectivity index (χ2v) is 5.02. The van der Waals surface area contributed by atoms with Gasteiger partial charge in [-0.15, -0.1) is 0 Å². The van der Waals surface area contributed by atoms with E-state index in [1.807, 2.05) is 12.1 Å². The summed E-state index contributed by atoms with van der Waals surface area (Å²) in [5.74, 6) is 0. The lowest BCUT2D eigenvalue weighted by atomic mass is 10.2. The number of nitrogens with zero attached hydrogens (tertiary/aromatic N) is 3. The molecule has 2 aromatic rings. The fourth-order valence-electron chi connectivity index (χ4n) is 1.84. The van der Waals surface area contributed by atoms with Gasteiger partial charge in [-0.2, -0.15) is 0 Å². The first kappa shape index (κ1) is 13.6. The quantitative estimate of drug-likeness (QED) is 0.612. The molecule has 3 N–H and O–H groups in total. The summed E-state index contributed by atoms with van der Waals surface area (Å²) < 4.78 is 4.73. The van der Waals surface area contributed by atoms with Crippen molar-refractivity contribution in [3.8, 4) is 0 Å². The number of aromatic nitrogens is 2. The van der Waals surface area contributed by atoms with E-state index in [4.69, 9.17) is 10.4 Å². The van der Waals surface area contributed by atoms with Gasteiger partial charge in [-0.05, 0) is 56.3 Å². The number of nitrogens with one attached hydrogen (secondary N) is 1. The van der Waals surface area contributed by atoms with Crippen molar-refractivity contribution >= 4 is 22.4 Å². The summed E-state index contributed by atoms with van der Waals surface area (Å²) in [5.41, 5.74) is 8.61. The second kappa shape index (κ2) is 5.88. The minimum Gasteiger partial charge on any atom is -0.397 e. The highest BCUT2D eigenvalue weighted by molar-refractivity contribution is 5.94. The summed E-state index contributed by atoms with van der Waals surface area (Å²) in [6.45, 7) is 6.32.